The van der Waals surface area contributed by atoms with E-state index in [2.05, 4.69) is 19.9 Å². The predicted molar refractivity (Wildman–Crippen MR) is 62.3 cm³/mol. The first kappa shape index (κ1) is 11.3. The van der Waals surface area contributed by atoms with E-state index in [1.165, 1.54) is 6.33 Å². The molecule has 0 aliphatic carbocycles. The van der Waals surface area contributed by atoms with Gasteiger partial charge in [0.2, 0.25) is 0 Å². The minimum atomic E-state index is 0.00272. The number of hydrogen-bond donors (Lipinski definition) is 2. The number of methoxy groups -OCH3 is 1. The van der Waals surface area contributed by atoms with E-state index >= 15 is 0 Å². The zero-order valence-electron chi connectivity index (χ0n) is 8.88. The van der Waals surface area contributed by atoms with Crippen molar-refractivity contribution in [2.24, 2.45) is 5.73 Å². The van der Waals surface area contributed by atoms with Crippen LogP contribution in [0.25, 0.3) is 11.2 Å². The molecule has 0 bridgehead atoms. The summed E-state index contributed by atoms with van der Waals surface area (Å²) in [6.45, 7) is 0.546. The van der Waals surface area contributed by atoms with Crippen molar-refractivity contribution in [3.05, 3.63) is 12.7 Å². The van der Waals surface area contributed by atoms with Crippen LogP contribution >= 0.6 is 11.8 Å². The van der Waals surface area contributed by atoms with Gasteiger partial charge in [0.25, 0.3) is 0 Å². The van der Waals surface area contributed by atoms with Crippen LogP contribution in [-0.4, -0.2) is 45.4 Å². The highest BCUT2D eigenvalue weighted by Gasteiger charge is 2.08. The maximum absolute atomic E-state index is 5.84. The molecular weight excluding hydrogens is 226 g/mol. The number of rotatable bonds is 5. The van der Waals surface area contributed by atoms with Crippen molar-refractivity contribution < 1.29 is 4.74 Å². The summed E-state index contributed by atoms with van der Waals surface area (Å²) in [6, 6.07) is 0.00272. The van der Waals surface area contributed by atoms with Crippen LogP contribution in [0.1, 0.15) is 0 Å². The molecule has 2 aromatic rings. The number of nitrogens with two attached hydrogens (primary N) is 1. The van der Waals surface area contributed by atoms with E-state index < -0.39 is 0 Å². The summed E-state index contributed by atoms with van der Waals surface area (Å²) in [4.78, 5) is 15.3. The zero-order valence-corrected chi connectivity index (χ0v) is 9.70. The van der Waals surface area contributed by atoms with E-state index in [0.29, 0.717) is 12.3 Å². The molecule has 3 N–H and O–H groups in total. The van der Waals surface area contributed by atoms with Gasteiger partial charge in [-0.1, -0.05) is 0 Å². The number of imidazole rings is 1. The molecule has 0 radical (unpaired) electrons. The molecule has 2 heterocycles. The van der Waals surface area contributed by atoms with Gasteiger partial charge in [-0.05, 0) is 0 Å². The summed E-state index contributed by atoms with van der Waals surface area (Å²) < 4.78 is 4.97. The van der Waals surface area contributed by atoms with Crippen molar-refractivity contribution in [1.29, 1.82) is 0 Å². The molecule has 0 aromatic carbocycles. The van der Waals surface area contributed by atoms with Crippen LogP contribution in [0.2, 0.25) is 0 Å². The van der Waals surface area contributed by atoms with E-state index in [0.717, 1.165) is 16.3 Å². The third kappa shape index (κ3) is 2.49. The number of nitrogens with one attached hydrogen (secondary N) is 1. The number of nitrogens with zero attached hydrogens (tertiary/aromatic N) is 3. The topological polar surface area (TPSA) is 89.7 Å². The molecule has 0 aliphatic heterocycles. The van der Waals surface area contributed by atoms with Crippen LogP contribution in [0, 0.1) is 0 Å². The van der Waals surface area contributed by atoms with E-state index in [1.54, 1.807) is 25.2 Å². The Balaban J connectivity index is 2.06. The number of aromatic nitrogens is 4. The quantitative estimate of drug-likeness (QED) is 0.580. The summed E-state index contributed by atoms with van der Waals surface area (Å²) in [6.07, 6.45) is 3.12. The van der Waals surface area contributed by atoms with E-state index in [-0.39, 0.29) is 6.04 Å². The van der Waals surface area contributed by atoms with Crippen LogP contribution in [0.3, 0.4) is 0 Å². The maximum Gasteiger partial charge on any atom is 0.181 e. The standard InChI is InChI=1S/C9H13N5OS/c1-15-2-6(10)3-16-9-7-8(12-4-11-7)13-5-14-9/h4-6H,2-3,10H2,1H3,(H,11,12,13,14). The predicted octanol–water partition coefficient (Wildman–Crippen LogP) is 0.419. The molecule has 0 saturated heterocycles. The average Bonchev–Trinajstić information content (AvgIpc) is 2.75. The van der Waals surface area contributed by atoms with Crippen molar-refractivity contribution >= 4 is 22.9 Å². The van der Waals surface area contributed by atoms with Crippen molar-refractivity contribution in [1.82, 2.24) is 19.9 Å². The monoisotopic (exact) mass is 239 g/mol. The SMILES string of the molecule is COCC(N)CSc1ncnc2nc[nH]c12. The molecule has 1 unspecified atom stereocenters. The third-order valence-corrected chi connectivity index (χ3v) is 3.18. The van der Waals surface area contributed by atoms with Crippen LogP contribution in [0.4, 0.5) is 0 Å². The molecule has 2 rings (SSSR count). The summed E-state index contributed by atoms with van der Waals surface area (Å²) in [5, 5.41) is 0.869. The second-order valence-corrected chi connectivity index (χ2v) is 4.32. The summed E-state index contributed by atoms with van der Waals surface area (Å²) in [7, 11) is 1.64. The molecule has 6 nitrogen and oxygen atoms in total. The van der Waals surface area contributed by atoms with Gasteiger partial charge in [0, 0.05) is 18.9 Å². The molecule has 0 aliphatic rings. The highest BCUT2D eigenvalue weighted by Crippen LogP contribution is 2.21. The molecule has 7 heteroatoms. The largest absolute Gasteiger partial charge is 0.383 e. The first-order valence-corrected chi connectivity index (χ1v) is 5.81. The number of H-pyrrole nitrogens is 1. The van der Waals surface area contributed by atoms with Gasteiger partial charge in [-0.3, -0.25) is 0 Å². The molecule has 0 saturated carbocycles. The average molecular weight is 239 g/mol. The number of fused-ring (bicyclic) bond motifs is 1. The Morgan fingerprint density at radius 2 is 2.38 bits per heavy atom. The lowest BCUT2D eigenvalue weighted by Crippen LogP contribution is -2.28. The Labute approximate surface area is 97.0 Å². The van der Waals surface area contributed by atoms with Crippen LogP contribution in [0.5, 0.6) is 0 Å². The van der Waals surface area contributed by atoms with Gasteiger partial charge >= 0.3 is 0 Å². The van der Waals surface area contributed by atoms with Crippen molar-refractivity contribution in [2.45, 2.75) is 11.1 Å². The second-order valence-electron chi connectivity index (χ2n) is 3.31. The van der Waals surface area contributed by atoms with E-state index in [4.69, 9.17) is 10.5 Å². The van der Waals surface area contributed by atoms with Crippen molar-refractivity contribution in [3.8, 4) is 0 Å². The minimum absolute atomic E-state index is 0.00272. The summed E-state index contributed by atoms with van der Waals surface area (Å²) in [5.74, 6) is 0.749. The van der Waals surface area contributed by atoms with Crippen LogP contribution < -0.4 is 5.73 Å². The highest BCUT2D eigenvalue weighted by atomic mass is 32.2. The Hall–Kier alpha value is -1.18. The maximum atomic E-state index is 5.84. The Kier molecular flexibility index (Phi) is 3.70. The lowest BCUT2D eigenvalue weighted by atomic mass is 10.4. The molecule has 2 aromatic heterocycles. The first-order valence-electron chi connectivity index (χ1n) is 4.82. The van der Waals surface area contributed by atoms with Gasteiger partial charge in [-0.2, -0.15) is 0 Å². The fourth-order valence-corrected chi connectivity index (χ4v) is 2.18. The van der Waals surface area contributed by atoms with Gasteiger partial charge in [-0.25, -0.2) is 15.0 Å². The van der Waals surface area contributed by atoms with Gasteiger partial charge in [-0.15, -0.1) is 11.8 Å². The van der Waals surface area contributed by atoms with Gasteiger partial charge in [0.05, 0.1) is 12.9 Å². The molecule has 86 valence electrons. The highest BCUT2D eigenvalue weighted by molar-refractivity contribution is 7.99. The number of ether oxygens (including phenoxy) is 1. The van der Waals surface area contributed by atoms with Crippen molar-refractivity contribution in [2.75, 3.05) is 19.5 Å². The van der Waals surface area contributed by atoms with E-state index in [1.807, 2.05) is 0 Å². The smallest absolute Gasteiger partial charge is 0.181 e. The lowest BCUT2D eigenvalue weighted by molar-refractivity contribution is 0.186. The van der Waals surface area contributed by atoms with Gasteiger partial charge < -0.3 is 15.5 Å². The van der Waals surface area contributed by atoms with Crippen LogP contribution in [-0.2, 0) is 4.74 Å². The molecule has 16 heavy (non-hydrogen) atoms. The Morgan fingerprint density at radius 3 is 3.19 bits per heavy atom. The Morgan fingerprint density at radius 1 is 1.50 bits per heavy atom. The zero-order chi connectivity index (χ0) is 11.4. The fourth-order valence-electron chi connectivity index (χ4n) is 1.30. The van der Waals surface area contributed by atoms with Crippen molar-refractivity contribution in [3.63, 3.8) is 0 Å². The molecule has 0 fully saturated rings. The van der Waals surface area contributed by atoms with Gasteiger partial charge in [0.1, 0.15) is 16.9 Å². The number of hydrogen-bond acceptors (Lipinski definition) is 6. The lowest BCUT2D eigenvalue weighted by Gasteiger charge is -2.09. The molecule has 0 amide bonds. The minimum Gasteiger partial charge on any atom is -0.383 e. The summed E-state index contributed by atoms with van der Waals surface area (Å²) in [5.41, 5.74) is 7.37. The molecule has 1 atom stereocenters. The summed E-state index contributed by atoms with van der Waals surface area (Å²) >= 11 is 1.58. The van der Waals surface area contributed by atoms with Gasteiger partial charge in [0.15, 0.2) is 5.65 Å². The Bertz CT molecular complexity index is 460. The normalized spacial score (nSPS) is 13.1. The molecule has 0 spiro atoms. The molecular formula is C9H13N5OS. The number of aromatic amines is 1. The number of thioether (sulfide) groups is 1. The first-order chi connectivity index (χ1) is 7.81. The third-order valence-electron chi connectivity index (χ3n) is 2.00. The second kappa shape index (κ2) is 5.24. The van der Waals surface area contributed by atoms with Crippen LogP contribution in [0.15, 0.2) is 17.7 Å². The van der Waals surface area contributed by atoms with E-state index in [9.17, 15) is 0 Å². The fraction of sp³-hybridized carbons (Fsp3) is 0.444.